The summed E-state index contributed by atoms with van der Waals surface area (Å²) in [4.78, 5) is 0. The SMILES string of the molecule is CCCC(C)c1cccc2ccccc12. The van der Waals surface area contributed by atoms with Gasteiger partial charge in [-0.2, -0.15) is 0 Å². The highest BCUT2D eigenvalue weighted by Crippen LogP contribution is 2.28. The minimum Gasteiger partial charge on any atom is -0.0654 e. The molecule has 0 N–H and O–H groups in total. The molecular weight excluding hydrogens is 180 g/mol. The lowest BCUT2D eigenvalue weighted by atomic mass is 9.92. The van der Waals surface area contributed by atoms with Crippen LogP contribution in [0.3, 0.4) is 0 Å². The van der Waals surface area contributed by atoms with Gasteiger partial charge in [-0.25, -0.2) is 0 Å². The van der Waals surface area contributed by atoms with E-state index in [1.54, 1.807) is 0 Å². The molecule has 2 aromatic rings. The first kappa shape index (κ1) is 10.2. The van der Waals surface area contributed by atoms with Gasteiger partial charge < -0.3 is 0 Å². The molecular formula is C15H18. The molecule has 0 heteroatoms. The minimum absolute atomic E-state index is 0.668. The van der Waals surface area contributed by atoms with Crippen LogP contribution in [0.25, 0.3) is 10.8 Å². The molecule has 0 bridgehead atoms. The first-order chi connectivity index (χ1) is 7.33. The van der Waals surface area contributed by atoms with E-state index in [0.29, 0.717) is 5.92 Å². The Kier molecular flexibility index (Phi) is 3.05. The summed E-state index contributed by atoms with van der Waals surface area (Å²) >= 11 is 0. The van der Waals surface area contributed by atoms with Gasteiger partial charge in [-0.05, 0) is 28.7 Å². The summed E-state index contributed by atoms with van der Waals surface area (Å²) in [5.74, 6) is 0.668. The van der Waals surface area contributed by atoms with Gasteiger partial charge >= 0.3 is 0 Å². The second-order valence-corrected chi connectivity index (χ2v) is 4.26. The Labute approximate surface area is 91.9 Å². The van der Waals surface area contributed by atoms with Crippen molar-refractivity contribution >= 4 is 10.8 Å². The fraction of sp³-hybridized carbons (Fsp3) is 0.333. The molecule has 0 nitrogen and oxygen atoms in total. The maximum atomic E-state index is 2.32. The van der Waals surface area contributed by atoms with Crippen molar-refractivity contribution in [1.29, 1.82) is 0 Å². The zero-order valence-corrected chi connectivity index (χ0v) is 9.53. The van der Waals surface area contributed by atoms with Crippen LogP contribution in [0.15, 0.2) is 42.5 Å². The second-order valence-electron chi connectivity index (χ2n) is 4.26. The number of hydrogen-bond donors (Lipinski definition) is 0. The van der Waals surface area contributed by atoms with Crippen LogP contribution >= 0.6 is 0 Å². The van der Waals surface area contributed by atoms with Crippen molar-refractivity contribution in [2.75, 3.05) is 0 Å². The molecule has 0 fully saturated rings. The molecule has 0 radical (unpaired) electrons. The van der Waals surface area contributed by atoms with Gasteiger partial charge in [-0.3, -0.25) is 0 Å². The predicted octanol–water partition coefficient (Wildman–Crippen LogP) is 4.74. The van der Waals surface area contributed by atoms with E-state index in [1.165, 1.54) is 29.2 Å². The monoisotopic (exact) mass is 198 g/mol. The lowest BCUT2D eigenvalue weighted by Gasteiger charge is -2.13. The average molecular weight is 198 g/mol. The lowest BCUT2D eigenvalue weighted by Crippen LogP contribution is -1.93. The molecule has 78 valence electrons. The summed E-state index contributed by atoms with van der Waals surface area (Å²) in [6, 6.07) is 15.3. The molecule has 0 aliphatic heterocycles. The van der Waals surface area contributed by atoms with E-state index in [4.69, 9.17) is 0 Å². The zero-order chi connectivity index (χ0) is 10.7. The third-order valence-corrected chi connectivity index (χ3v) is 3.08. The first-order valence-corrected chi connectivity index (χ1v) is 5.80. The minimum atomic E-state index is 0.668. The van der Waals surface area contributed by atoms with Crippen molar-refractivity contribution in [2.45, 2.75) is 32.6 Å². The number of hydrogen-bond acceptors (Lipinski definition) is 0. The van der Waals surface area contributed by atoms with Crippen LogP contribution < -0.4 is 0 Å². The lowest BCUT2D eigenvalue weighted by molar-refractivity contribution is 0.669. The van der Waals surface area contributed by atoms with Gasteiger partial charge in [-0.1, -0.05) is 62.7 Å². The Morgan fingerprint density at radius 1 is 1.00 bits per heavy atom. The summed E-state index contributed by atoms with van der Waals surface area (Å²) in [5.41, 5.74) is 1.50. The van der Waals surface area contributed by atoms with Crippen LogP contribution in [0, 0.1) is 0 Å². The number of benzene rings is 2. The molecule has 1 atom stereocenters. The van der Waals surface area contributed by atoms with E-state index in [-0.39, 0.29) is 0 Å². The quantitative estimate of drug-likeness (QED) is 0.668. The summed E-state index contributed by atoms with van der Waals surface area (Å²) in [5, 5.41) is 2.78. The Balaban J connectivity index is 2.50. The second kappa shape index (κ2) is 4.48. The molecule has 0 saturated heterocycles. The maximum Gasteiger partial charge on any atom is -0.0149 e. The smallest absolute Gasteiger partial charge is 0.0149 e. The highest BCUT2D eigenvalue weighted by atomic mass is 14.1. The van der Waals surface area contributed by atoms with Crippen molar-refractivity contribution in [2.24, 2.45) is 0 Å². The molecule has 0 saturated carbocycles. The van der Waals surface area contributed by atoms with E-state index in [9.17, 15) is 0 Å². The highest BCUT2D eigenvalue weighted by Gasteiger charge is 2.07. The van der Waals surface area contributed by atoms with Crippen molar-refractivity contribution in [3.63, 3.8) is 0 Å². The average Bonchev–Trinajstić information content (AvgIpc) is 2.28. The molecule has 2 rings (SSSR count). The fourth-order valence-electron chi connectivity index (χ4n) is 2.27. The summed E-state index contributed by atoms with van der Waals surface area (Å²) in [7, 11) is 0. The van der Waals surface area contributed by atoms with Gasteiger partial charge in [0.25, 0.3) is 0 Å². The van der Waals surface area contributed by atoms with E-state index in [2.05, 4.69) is 56.3 Å². The summed E-state index contributed by atoms with van der Waals surface area (Å²) in [6.45, 7) is 4.58. The third-order valence-electron chi connectivity index (χ3n) is 3.08. The van der Waals surface area contributed by atoms with Crippen LogP contribution in [0.2, 0.25) is 0 Å². The molecule has 2 aromatic carbocycles. The number of fused-ring (bicyclic) bond motifs is 1. The maximum absolute atomic E-state index is 2.32. The van der Waals surface area contributed by atoms with Gasteiger partial charge in [-0.15, -0.1) is 0 Å². The van der Waals surface area contributed by atoms with Crippen LogP contribution in [0.4, 0.5) is 0 Å². The zero-order valence-electron chi connectivity index (χ0n) is 9.53. The molecule has 0 amide bonds. The fourth-order valence-corrected chi connectivity index (χ4v) is 2.27. The largest absolute Gasteiger partial charge is 0.0654 e. The van der Waals surface area contributed by atoms with E-state index < -0.39 is 0 Å². The molecule has 0 aliphatic carbocycles. The molecule has 0 spiro atoms. The van der Waals surface area contributed by atoms with Gasteiger partial charge in [0.2, 0.25) is 0 Å². The van der Waals surface area contributed by atoms with E-state index in [0.717, 1.165) is 0 Å². The van der Waals surface area contributed by atoms with Crippen LogP contribution in [-0.2, 0) is 0 Å². The third kappa shape index (κ3) is 2.04. The summed E-state index contributed by atoms with van der Waals surface area (Å²) in [6.07, 6.45) is 2.53. The van der Waals surface area contributed by atoms with E-state index in [1.807, 2.05) is 0 Å². The van der Waals surface area contributed by atoms with Crippen molar-refractivity contribution in [1.82, 2.24) is 0 Å². The van der Waals surface area contributed by atoms with Crippen molar-refractivity contribution < 1.29 is 0 Å². The normalized spacial score (nSPS) is 12.9. The highest BCUT2D eigenvalue weighted by molar-refractivity contribution is 5.86. The topological polar surface area (TPSA) is 0 Å². The Morgan fingerprint density at radius 2 is 1.73 bits per heavy atom. The molecule has 0 aliphatic rings. The van der Waals surface area contributed by atoms with Gasteiger partial charge in [0.15, 0.2) is 0 Å². The first-order valence-electron chi connectivity index (χ1n) is 5.80. The molecule has 0 aromatic heterocycles. The Bertz CT molecular complexity index is 437. The number of rotatable bonds is 3. The van der Waals surface area contributed by atoms with Gasteiger partial charge in [0.1, 0.15) is 0 Å². The Morgan fingerprint density at radius 3 is 2.53 bits per heavy atom. The van der Waals surface area contributed by atoms with Crippen LogP contribution in [-0.4, -0.2) is 0 Å². The van der Waals surface area contributed by atoms with Crippen LogP contribution in [0.1, 0.15) is 38.2 Å². The summed E-state index contributed by atoms with van der Waals surface area (Å²) < 4.78 is 0. The van der Waals surface area contributed by atoms with E-state index >= 15 is 0 Å². The molecule has 15 heavy (non-hydrogen) atoms. The van der Waals surface area contributed by atoms with Crippen molar-refractivity contribution in [3.05, 3.63) is 48.0 Å². The standard InChI is InChI=1S/C15H18/c1-3-7-12(2)14-11-6-9-13-8-4-5-10-15(13)14/h4-6,8-12H,3,7H2,1-2H3. The Hall–Kier alpha value is -1.30. The molecule has 0 heterocycles. The van der Waals surface area contributed by atoms with Crippen LogP contribution in [0.5, 0.6) is 0 Å². The van der Waals surface area contributed by atoms with Crippen molar-refractivity contribution in [3.8, 4) is 0 Å². The van der Waals surface area contributed by atoms with Gasteiger partial charge in [0, 0.05) is 0 Å². The van der Waals surface area contributed by atoms with Gasteiger partial charge in [0.05, 0.1) is 0 Å². The molecule has 1 unspecified atom stereocenters. The predicted molar refractivity (Wildman–Crippen MR) is 67.3 cm³/mol.